The fourth-order valence-electron chi connectivity index (χ4n) is 1.44. The van der Waals surface area contributed by atoms with Gasteiger partial charge in [0.05, 0.1) is 6.61 Å². The van der Waals surface area contributed by atoms with E-state index in [-0.39, 0.29) is 10.8 Å². The van der Waals surface area contributed by atoms with Crippen LogP contribution in [0.2, 0.25) is 0 Å². The number of thiophene rings is 1. The lowest BCUT2D eigenvalue weighted by Gasteiger charge is -2.17. The maximum Gasteiger partial charge on any atom is 0.252 e. The maximum absolute atomic E-state index is 12.2. The van der Waals surface area contributed by atoms with Crippen molar-refractivity contribution in [2.45, 2.75) is 24.7 Å². The smallest absolute Gasteiger partial charge is 0.252 e. The highest BCUT2D eigenvalue weighted by Gasteiger charge is 2.24. The Balaban J connectivity index is 3.15. The van der Waals surface area contributed by atoms with Gasteiger partial charge in [-0.1, -0.05) is 13.0 Å². The molecule has 0 amide bonds. The number of aryl methyl sites for hydroxylation is 1. The van der Waals surface area contributed by atoms with Crippen LogP contribution < -0.4 is 0 Å². The molecule has 6 heteroatoms. The molecule has 0 bridgehead atoms. The van der Waals surface area contributed by atoms with Crippen molar-refractivity contribution >= 4 is 21.4 Å². The normalized spacial score (nSPS) is 12.0. The van der Waals surface area contributed by atoms with E-state index in [1.54, 1.807) is 26.0 Å². The van der Waals surface area contributed by atoms with Crippen LogP contribution in [0.4, 0.5) is 0 Å². The molecule has 17 heavy (non-hydrogen) atoms. The first-order valence-electron chi connectivity index (χ1n) is 5.28. The third-order valence-corrected chi connectivity index (χ3v) is 6.03. The van der Waals surface area contributed by atoms with E-state index >= 15 is 0 Å². The molecule has 0 aromatic carbocycles. The Morgan fingerprint density at radius 3 is 2.65 bits per heavy atom. The highest BCUT2D eigenvalue weighted by atomic mass is 32.2. The number of hydrogen-bond acceptors (Lipinski definition) is 4. The van der Waals surface area contributed by atoms with Crippen molar-refractivity contribution in [2.75, 3.05) is 13.1 Å². The summed E-state index contributed by atoms with van der Waals surface area (Å²) in [4.78, 5) is 0.693. The van der Waals surface area contributed by atoms with Gasteiger partial charge in [-0.25, -0.2) is 8.42 Å². The van der Waals surface area contributed by atoms with Crippen molar-refractivity contribution in [1.29, 1.82) is 0 Å². The lowest BCUT2D eigenvalue weighted by Crippen LogP contribution is -2.30. The number of sulfonamides is 1. The predicted molar refractivity (Wildman–Crippen MR) is 69.6 cm³/mol. The van der Waals surface area contributed by atoms with Crippen molar-refractivity contribution < 1.29 is 13.5 Å². The van der Waals surface area contributed by atoms with Crippen LogP contribution in [0.5, 0.6) is 0 Å². The first-order chi connectivity index (χ1) is 7.97. The minimum absolute atomic E-state index is 0.125. The van der Waals surface area contributed by atoms with Crippen LogP contribution in [-0.2, 0) is 16.6 Å². The third kappa shape index (κ3) is 2.95. The van der Waals surface area contributed by atoms with E-state index in [0.29, 0.717) is 18.0 Å². The van der Waals surface area contributed by atoms with E-state index in [2.05, 4.69) is 6.58 Å². The topological polar surface area (TPSA) is 57.6 Å². The van der Waals surface area contributed by atoms with Crippen molar-refractivity contribution in [3.63, 3.8) is 0 Å². The zero-order valence-electron chi connectivity index (χ0n) is 10.0. The molecule has 96 valence electrons. The summed E-state index contributed by atoms with van der Waals surface area (Å²) in [6, 6.07) is 1.61. The summed E-state index contributed by atoms with van der Waals surface area (Å²) in [5, 5.41) is 9.08. The van der Waals surface area contributed by atoms with Crippen LogP contribution >= 0.6 is 11.3 Å². The summed E-state index contributed by atoms with van der Waals surface area (Å²) in [5.74, 6) is 0. The number of aliphatic hydroxyl groups is 1. The van der Waals surface area contributed by atoms with Gasteiger partial charge in [0.2, 0.25) is 0 Å². The van der Waals surface area contributed by atoms with Gasteiger partial charge < -0.3 is 5.11 Å². The maximum atomic E-state index is 12.2. The van der Waals surface area contributed by atoms with E-state index in [4.69, 9.17) is 5.11 Å². The quantitative estimate of drug-likeness (QED) is 0.805. The molecule has 0 fully saturated rings. The fraction of sp³-hybridized carbons (Fsp3) is 0.455. The fourth-order valence-corrected chi connectivity index (χ4v) is 4.47. The molecule has 1 aromatic heterocycles. The molecule has 0 unspecified atom stereocenters. The first-order valence-corrected chi connectivity index (χ1v) is 7.54. The van der Waals surface area contributed by atoms with Crippen LogP contribution in [0.1, 0.15) is 17.4 Å². The lowest BCUT2D eigenvalue weighted by atomic mass is 10.3. The Bertz CT molecular complexity index is 491. The standard InChI is InChI=1S/C11H17NO3S2/c1-4-6-12(5-2)17(14,15)11-7-9(3)10(8-13)16-11/h4,7,13H,1,5-6,8H2,2-3H3. The van der Waals surface area contributed by atoms with E-state index < -0.39 is 10.0 Å². The molecular formula is C11H17NO3S2. The van der Waals surface area contributed by atoms with Gasteiger partial charge in [-0.3, -0.25) is 0 Å². The minimum atomic E-state index is -3.46. The molecule has 0 saturated heterocycles. The van der Waals surface area contributed by atoms with Crippen molar-refractivity contribution in [3.8, 4) is 0 Å². The zero-order chi connectivity index (χ0) is 13.1. The Hall–Kier alpha value is -0.690. The van der Waals surface area contributed by atoms with Gasteiger partial charge >= 0.3 is 0 Å². The highest BCUT2D eigenvalue weighted by Crippen LogP contribution is 2.28. The molecule has 0 aliphatic carbocycles. The van der Waals surface area contributed by atoms with Gasteiger partial charge in [0.25, 0.3) is 10.0 Å². The van der Waals surface area contributed by atoms with Gasteiger partial charge in [-0.2, -0.15) is 4.31 Å². The largest absolute Gasteiger partial charge is 0.391 e. The summed E-state index contributed by atoms with van der Waals surface area (Å²) in [7, 11) is -3.46. The Labute approximate surface area is 106 Å². The van der Waals surface area contributed by atoms with E-state index in [1.807, 2.05) is 0 Å². The Morgan fingerprint density at radius 2 is 2.24 bits per heavy atom. The van der Waals surface area contributed by atoms with Gasteiger partial charge in [-0.15, -0.1) is 17.9 Å². The van der Waals surface area contributed by atoms with E-state index in [9.17, 15) is 8.42 Å². The summed E-state index contributed by atoms with van der Waals surface area (Å²) >= 11 is 1.12. The monoisotopic (exact) mass is 275 g/mol. The molecule has 0 saturated carbocycles. The van der Waals surface area contributed by atoms with Gasteiger partial charge in [-0.05, 0) is 18.6 Å². The molecule has 0 atom stereocenters. The average molecular weight is 275 g/mol. The zero-order valence-corrected chi connectivity index (χ0v) is 11.6. The number of likely N-dealkylation sites (N-methyl/N-ethyl adjacent to an activating group) is 1. The van der Waals surface area contributed by atoms with E-state index in [0.717, 1.165) is 16.9 Å². The molecule has 1 heterocycles. The van der Waals surface area contributed by atoms with Crippen LogP contribution in [-0.4, -0.2) is 30.9 Å². The van der Waals surface area contributed by atoms with Gasteiger partial charge in [0.15, 0.2) is 0 Å². The van der Waals surface area contributed by atoms with Crippen LogP contribution in [0.3, 0.4) is 0 Å². The second-order valence-electron chi connectivity index (χ2n) is 3.57. The molecular weight excluding hydrogens is 258 g/mol. The van der Waals surface area contributed by atoms with Gasteiger partial charge in [0, 0.05) is 18.0 Å². The summed E-state index contributed by atoms with van der Waals surface area (Å²) < 4.78 is 26.1. The first kappa shape index (κ1) is 14.4. The Morgan fingerprint density at radius 1 is 1.59 bits per heavy atom. The number of rotatable bonds is 6. The summed E-state index contributed by atoms with van der Waals surface area (Å²) in [5.41, 5.74) is 0.811. The van der Waals surface area contributed by atoms with Crippen molar-refractivity contribution in [2.24, 2.45) is 0 Å². The van der Waals surface area contributed by atoms with Gasteiger partial charge in [0.1, 0.15) is 4.21 Å². The predicted octanol–water partition coefficient (Wildman–Crippen LogP) is 1.75. The van der Waals surface area contributed by atoms with Crippen molar-refractivity contribution in [1.82, 2.24) is 4.31 Å². The summed E-state index contributed by atoms with van der Waals surface area (Å²) in [6.45, 7) is 7.71. The van der Waals surface area contributed by atoms with Crippen LogP contribution in [0.15, 0.2) is 22.9 Å². The Kier molecular flexibility index (Phi) is 4.88. The minimum Gasteiger partial charge on any atom is -0.391 e. The molecule has 1 rings (SSSR count). The second-order valence-corrected chi connectivity index (χ2v) is 6.88. The van der Waals surface area contributed by atoms with Crippen LogP contribution in [0.25, 0.3) is 0 Å². The highest BCUT2D eigenvalue weighted by molar-refractivity contribution is 7.91. The number of nitrogens with zero attached hydrogens (tertiary/aromatic N) is 1. The third-order valence-electron chi connectivity index (χ3n) is 2.42. The number of aliphatic hydroxyl groups excluding tert-OH is 1. The average Bonchev–Trinajstić information content (AvgIpc) is 2.67. The van der Waals surface area contributed by atoms with Crippen molar-refractivity contribution in [3.05, 3.63) is 29.2 Å². The SMILES string of the molecule is C=CCN(CC)S(=O)(=O)c1cc(C)c(CO)s1. The number of hydrogen-bond donors (Lipinski definition) is 1. The molecule has 1 aromatic rings. The molecule has 0 spiro atoms. The van der Waals surface area contributed by atoms with E-state index in [1.165, 1.54) is 4.31 Å². The molecule has 1 N–H and O–H groups in total. The lowest BCUT2D eigenvalue weighted by molar-refractivity contribution is 0.285. The second kappa shape index (κ2) is 5.77. The molecule has 0 radical (unpaired) electrons. The molecule has 0 aliphatic rings. The molecule has 4 nitrogen and oxygen atoms in total. The van der Waals surface area contributed by atoms with Crippen LogP contribution in [0, 0.1) is 6.92 Å². The summed E-state index contributed by atoms with van der Waals surface area (Å²) in [6.07, 6.45) is 1.56. The molecule has 0 aliphatic heterocycles.